The molecule has 0 heterocycles. The Morgan fingerprint density at radius 1 is 1.12 bits per heavy atom. The molecule has 0 saturated heterocycles. The third-order valence-corrected chi connectivity index (χ3v) is 4.52. The Labute approximate surface area is 141 Å². The molecule has 0 atom stereocenters. The van der Waals surface area contributed by atoms with Gasteiger partial charge < -0.3 is 10.1 Å². The smallest absolute Gasteiger partial charge is 0.236 e. The molecule has 6 nitrogen and oxygen atoms in total. The summed E-state index contributed by atoms with van der Waals surface area (Å²) < 4.78 is 32.3. The molecule has 0 spiro atoms. The first-order valence-electron chi connectivity index (χ1n) is 7.31. The number of carbonyl (C=O) groups is 1. The van der Waals surface area contributed by atoms with Crippen molar-refractivity contribution in [2.24, 2.45) is 0 Å². The average Bonchev–Trinajstić information content (AvgIpc) is 2.48. The fraction of sp³-hybridized carbons (Fsp3) is 0.235. The number of rotatable bonds is 6. The van der Waals surface area contributed by atoms with Gasteiger partial charge in [0.15, 0.2) is 0 Å². The van der Waals surface area contributed by atoms with Gasteiger partial charge in [-0.15, -0.1) is 0 Å². The Morgan fingerprint density at radius 2 is 1.79 bits per heavy atom. The molecule has 0 aliphatic carbocycles. The number of nitrogens with one attached hydrogen (secondary N) is 2. The quantitative estimate of drug-likeness (QED) is 0.841. The van der Waals surface area contributed by atoms with E-state index in [1.54, 1.807) is 24.3 Å². The topological polar surface area (TPSA) is 84.5 Å². The van der Waals surface area contributed by atoms with Crippen LogP contribution >= 0.6 is 0 Å². The third-order valence-electron chi connectivity index (χ3n) is 3.26. The highest BCUT2D eigenvalue weighted by Gasteiger charge is 2.14. The van der Waals surface area contributed by atoms with Crippen LogP contribution in [0.15, 0.2) is 42.5 Å². The van der Waals surface area contributed by atoms with Crippen LogP contribution < -0.4 is 14.8 Å². The van der Waals surface area contributed by atoms with Crippen LogP contribution in [-0.4, -0.2) is 21.4 Å². The molecular weight excluding hydrogens is 328 g/mol. The fourth-order valence-electron chi connectivity index (χ4n) is 2.18. The van der Waals surface area contributed by atoms with Gasteiger partial charge in [-0.25, -0.2) is 8.42 Å². The van der Waals surface area contributed by atoms with Crippen molar-refractivity contribution in [1.82, 2.24) is 0 Å². The lowest BCUT2D eigenvalue weighted by Gasteiger charge is -2.13. The summed E-state index contributed by atoms with van der Waals surface area (Å²) in [6, 6.07) is 12.0. The monoisotopic (exact) mass is 348 g/mol. The second-order valence-corrected chi connectivity index (χ2v) is 7.17. The maximum atomic E-state index is 12.3. The Kier molecular flexibility index (Phi) is 5.46. The van der Waals surface area contributed by atoms with E-state index in [0.29, 0.717) is 22.7 Å². The number of carbonyl (C=O) groups excluding carboxylic acids is 1. The zero-order valence-corrected chi connectivity index (χ0v) is 14.6. The lowest BCUT2D eigenvalue weighted by Crippen LogP contribution is -2.15. The normalized spacial score (nSPS) is 11.0. The number of methoxy groups -OCH3 is 1. The van der Waals surface area contributed by atoms with Crippen LogP contribution in [0.3, 0.4) is 0 Å². The lowest BCUT2D eigenvalue weighted by atomic mass is 10.2. The second-order valence-electron chi connectivity index (χ2n) is 5.44. The maximum Gasteiger partial charge on any atom is 0.236 e. The van der Waals surface area contributed by atoms with Crippen LogP contribution in [-0.2, 0) is 20.6 Å². The number of sulfonamides is 1. The number of benzene rings is 2. The highest BCUT2D eigenvalue weighted by molar-refractivity contribution is 7.91. The molecular formula is C17H20N2O4S. The van der Waals surface area contributed by atoms with Gasteiger partial charge >= 0.3 is 0 Å². The predicted octanol–water partition coefficient (Wildman–Crippen LogP) is 2.90. The highest BCUT2D eigenvalue weighted by Crippen LogP contribution is 2.28. The number of hydrogen-bond acceptors (Lipinski definition) is 4. The van der Waals surface area contributed by atoms with E-state index in [1.165, 1.54) is 20.1 Å². The Hall–Kier alpha value is -2.54. The standard InChI is InChI=1S/C17H20N2O4S/c1-12-4-6-14(7-5-12)11-24(21,22)19-15-8-9-17(23-3)16(10-15)18-13(2)20/h4-10,19H,11H2,1-3H3,(H,18,20). The molecule has 2 rings (SSSR count). The van der Waals surface area contributed by atoms with Gasteiger partial charge in [-0.3, -0.25) is 9.52 Å². The van der Waals surface area contributed by atoms with E-state index in [9.17, 15) is 13.2 Å². The molecule has 0 saturated carbocycles. The van der Waals surface area contributed by atoms with Crippen LogP contribution in [0.1, 0.15) is 18.1 Å². The third kappa shape index (κ3) is 4.99. The molecule has 0 unspecified atom stereocenters. The van der Waals surface area contributed by atoms with Crippen LogP contribution in [0.2, 0.25) is 0 Å². The van der Waals surface area contributed by atoms with Crippen LogP contribution in [0, 0.1) is 6.92 Å². The van der Waals surface area contributed by atoms with Gasteiger partial charge in [0.05, 0.1) is 24.2 Å². The van der Waals surface area contributed by atoms with E-state index in [-0.39, 0.29) is 11.7 Å². The number of aryl methyl sites for hydroxylation is 1. The van der Waals surface area contributed by atoms with Gasteiger partial charge in [0.2, 0.25) is 15.9 Å². The zero-order chi connectivity index (χ0) is 17.7. The van der Waals surface area contributed by atoms with Crippen molar-refractivity contribution in [1.29, 1.82) is 0 Å². The minimum atomic E-state index is -3.57. The molecule has 0 aliphatic heterocycles. The molecule has 0 radical (unpaired) electrons. The van der Waals surface area contributed by atoms with Crippen LogP contribution in [0.4, 0.5) is 11.4 Å². The predicted molar refractivity (Wildman–Crippen MR) is 94.7 cm³/mol. The van der Waals surface area contributed by atoms with E-state index >= 15 is 0 Å². The Bertz CT molecular complexity index is 830. The Morgan fingerprint density at radius 3 is 2.38 bits per heavy atom. The largest absolute Gasteiger partial charge is 0.495 e. The van der Waals surface area contributed by atoms with Crippen molar-refractivity contribution < 1.29 is 17.9 Å². The SMILES string of the molecule is COc1ccc(NS(=O)(=O)Cc2ccc(C)cc2)cc1NC(C)=O. The molecule has 2 aromatic carbocycles. The molecule has 0 bridgehead atoms. The summed E-state index contributed by atoms with van der Waals surface area (Å²) in [6.07, 6.45) is 0. The first-order valence-corrected chi connectivity index (χ1v) is 8.96. The molecule has 0 fully saturated rings. The minimum Gasteiger partial charge on any atom is -0.495 e. The Balaban J connectivity index is 2.19. The van der Waals surface area contributed by atoms with Crippen molar-refractivity contribution in [3.63, 3.8) is 0 Å². The van der Waals surface area contributed by atoms with Crippen molar-refractivity contribution in [2.45, 2.75) is 19.6 Å². The maximum absolute atomic E-state index is 12.3. The van der Waals surface area contributed by atoms with E-state index in [2.05, 4.69) is 10.0 Å². The summed E-state index contributed by atoms with van der Waals surface area (Å²) >= 11 is 0. The highest BCUT2D eigenvalue weighted by atomic mass is 32.2. The molecule has 2 aromatic rings. The van der Waals surface area contributed by atoms with Gasteiger partial charge in [0.1, 0.15) is 5.75 Å². The van der Waals surface area contributed by atoms with E-state index < -0.39 is 10.0 Å². The summed E-state index contributed by atoms with van der Waals surface area (Å²) in [6.45, 7) is 3.31. The summed E-state index contributed by atoms with van der Waals surface area (Å²) in [7, 11) is -2.09. The number of anilines is 2. The van der Waals surface area contributed by atoms with E-state index in [0.717, 1.165) is 5.56 Å². The molecule has 0 aliphatic rings. The van der Waals surface area contributed by atoms with Gasteiger partial charge in [-0.1, -0.05) is 29.8 Å². The van der Waals surface area contributed by atoms with E-state index in [1.807, 2.05) is 19.1 Å². The molecule has 2 N–H and O–H groups in total. The number of amides is 1. The van der Waals surface area contributed by atoms with Crippen LogP contribution in [0.25, 0.3) is 0 Å². The molecule has 1 amide bonds. The molecule has 0 aromatic heterocycles. The summed E-state index contributed by atoms with van der Waals surface area (Å²) in [4.78, 5) is 11.2. The minimum absolute atomic E-state index is 0.130. The zero-order valence-electron chi connectivity index (χ0n) is 13.8. The first kappa shape index (κ1) is 17.8. The van der Waals surface area contributed by atoms with Gasteiger partial charge in [0.25, 0.3) is 0 Å². The second kappa shape index (κ2) is 7.35. The van der Waals surface area contributed by atoms with Crippen molar-refractivity contribution in [3.8, 4) is 5.75 Å². The van der Waals surface area contributed by atoms with E-state index in [4.69, 9.17) is 4.74 Å². The lowest BCUT2D eigenvalue weighted by molar-refractivity contribution is -0.114. The number of hydrogen-bond donors (Lipinski definition) is 2. The molecule has 24 heavy (non-hydrogen) atoms. The first-order chi connectivity index (χ1) is 11.3. The number of ether oxygens (including phenoxy) is 1. The van der Waals surface area contributed by atoms with Crippen LogP contribution in [0.5, 0.6) is 5.75 Å². The van der Waals surface area contributed by atoms with Gasteiger partial charge in [0, 0.05) is 6.92 Å². The van der Waals surface area contributed by atoms with Crippen molar-refractivity contribution in [3.05, 3.63) is 53.6 Å². The van der Waals surface area contributed by atoms with Gasteiger partial charge in [-0.2, -0.15) is 0 Å². The summed E-state index contributed by atoms with van der Waals surface area (Å²) in [5.41, 5.74) is 2.52. The summed E-state index contributed by atoms with van der Waals surface area (Å²) in [5.74, 6) is 0.0500. The molecule has 7 heteroatoms. The molecule has 128 valence electrons. The summed E-state index contributed by atoms with van der Waals surface area (Å²) in [5, 5.41) is 2.61. The van der Waals surface area contributed by atoms with Crippen molar-refractivity contribution >= 4 is 27.3 Å². The van der Waals surface area contributed by atoms with Crippen molar-refractivity contribution in [2.75, 3.05) is 17.1 Å². The average molecular weight is 348 g/mol. The fourth-order valence-corrected chi connectivity index (χ4v) is 3.37. The van der Waals surface area contributed by atoms with Gasteiger partial charge in [-0.05, 0) is 30.7 Å².